The number of hydrogen-bond acceptors (Lipinski definition) is 3. The number of carbonyl (C=O) groups is 1. The maximum atomic E-state index is 12.8. The molecule has 4 rings (SSSR count). The second-order valence-electron chi connectivity index (χ2n) is 7.20. The normalized spacial score (nSPS) is 24.3. The highest BCUT2D eigenvalue weighted by Crippen LogP contribution is 2.31. The van der Waals surface area contributed by atoms with Gasteiger partial charge in [0.15, 0.2) is 0 Å². The molecule has 0 bridgehead atoms. The number of hydrogen-bond donors (Lipinski definition) is 1. The van der Waals surface area contributed by atoms with E-state index in [9.17, 15) is 10.1 Å². The fraction of sp³-hybridized carbons (Fsp3) is 0.364. The molecule has 2 aromatic rings. The Morgan fingerprint density at radius 2 is 1.89 bits per heavy atom. The number of likely N-dealkylation sites (tertiary alicyclic amines) is 1. The number of nitrogens with zero attached hydrogens (tertiary/aromatic N) is 2. The number of halogens is 1. The van der Waals surface area contributed by atoms with Crippen LogP contribution < -0.4 is 5.32 Å². The lowest BCUT2D eigenvalue weighted by Crippen LogP contribution is -2.45. The van der Waals surface area contributed by atoms with Crippen molar-refractivity contribution in [3.63, 3.8) is 0 Å². The zero-order valence-electron chi connectivity index (χ0n) is 15.2. The maximum absolute atomic E-state index is 12.8. The Kier molecular flexibility index (Phi) is 6.15. The number of nitrogens with one attached hydrogen (secondary N) is 1. The molecule has 140 valence electrons. The average molecular weight is 382 g/mol. The fourth-order valence-corrected chi connectivity index (χ4v) is 4.15. The summed E-state index contributed by atoms with van der Waals surface area (Å²) in [7, 11) is 0. The molecule has 1 N–H and O–H groups in total. The van der Waals surface area contributed by atoms with E-state index < -0.39 is 0 Å². The standard InChI is InChI=1S/C22H23N3O.ClH/c23-14-20-10-5-11-25(20)22(26)21-13-19(15-24-21)18-9-4-8-17(12-18)16-6-2-1-3-7-16;/h1-4,6-9,12,19-21,24H,5,10-11,13,15H2;1H/t19-,20-,21-;/m0./s1. The first kappa shape index (κ1) is 19.4. The van der Waals surface area contributed by atoms with Gasteiger partial charge < -0.3 is 10.2 Å². The quantitative estimate of drug-likeness (QED) is 0.881. The molecule has 0 spiro atoms. The highest BCUT2D eigenvalue weighted by molar-refractivity contribution is 5.85. The fourth-order valence-electron chi connectivity index (χ4n) is 4.15. The lowest BCUT2D eigenvalue weighted by Gasteiger charge is -2.23. The van der Waals surface area contributed by atoms with Crippen LogP contribution in [0.1, 0.15) is 30.7 Å². The van der Waals surface area contributed by atoms with Gasteiger partial charge in [-0.2, -0.15) is 5.26 Å². The number of nitriles is 1. The van der Waals surface area contributed by atoms with Gasteiger partial charge >= 0.3 is 0 Å². The molecule has 2 aliphatic heterocycles. The van der Waals surface area contributed by atoms with Crippen molar-refractivity contribution in [3.8, 4) is 17.2 Å². The van der Waals surface area contributed by atoms with Gasteiger partial charge in [-0.3, -0.25) is 4.79 Å². The van der Waals surface area contributed by atoms with Crippen LogP contribution in [0.25, 0.3) is 11.1 Å². The summed E-state index contributed by atoms with van der Waals surface area (Å²) >= 11 is 0. The molecule has 2 aliphatic rings. The zero-order valence-corrected chi connectivity index (χ0v) is 16.0. The summed E-state index contributed by atoms with van der Waals surface area (Å²) < 4.78 is 0. The number of benzene rings is 2. The highest BCUT2D eigenvalue weighted by atomic mass is 35.5. The van der Waals surface area contributed by atoms with Gasteiger partial charge in [0.05, 0.1) is 12.1 Å². The molecular weight excluding hydrogens is 358 g/mol. The number of carbonyl (C=O) groups excluding carboxylic acids is 1. The molecule has 2 fully saturated rings. The minimum Gasteiger partial charge on any atom is -0.325 e. The smallest absolute Gasteiger partial charge is 0.240 e. The second kappa shape index (κ2) is 8.56. The van der Waals surface area contributed by atoms with Gasteiger partial charge in [-0.15, -0.1) is 12.4 Å². The molecular formula is C22H24ClN3O. The molecule has 0 radical (unpaired) electrons. The van der Waals surface area contributed by atoms with E-state index in [1.54, 1.807) is 4.90 Å². The molecule has 27 heavy (non-hydrogen) atoms. The monoisotopic (exact) mass is 381 g/mol. The Balaban J connectivity index is 0.00000210. The Labute approximate surface area is 166 Å². The van der Waals surface area contributed by atoms with Gasteiger partial charge in [-0.1, -0.05) is 54.6 Å². The predicted molar refractivity (Wildman–Crippen MR) is 109 cm³/mol. The summed E-state index contributed by atoms with van der Waals surface area (Å²) in [5.41, 5.74) is 3.69. The highest BCUT2D eigenvalue weighted by Gasteiger charge is 2.37. The van der Waals surface area contributed by atoms with Crippen molar-refractivity contribution in [1.82, 2.24) is 10.2 Å². The molecule has 3 atom stereocenters. The molecule has 2 aromatic carbocycles. The van der Waals surface area contributed by atoms with Crippen LogP contribution in [0.3, 0.4) is 0 Å². The third kappa shape index (κ3) is 4.00. The van der Waals surface area contributed by atoms with Crippen LogP contribution in [-0.4, -0.2) is 36.0 Å². The average Bonchev–Trinajstić information content (AvgIpc) is 3.38. The Hall–Kier alpha value is -2.35. The Morgan fingerprint density at radius 1 is 1.11 bits per heavy atom. The molecule has 2 heterocycles. The van der Waals surface area contributed by atoms with Crippen LogP contribution >= 0.6 is 12.4 Å². The van der Waals surface area contributed by atoms with Crippen molar-refractivity contribution in [2.45, 2.75) is 37.3 Å². The third-order valence-corrected chi connectivity index (χ3v) is 5.58. The maximum Gasteiger partial charge on any atom is 0.240 e. The molecule has 2 saturated heterocycles. The topological polar surface area (TPSA) is 56.1 Å². The second-order valence-corrected chi connectivity index (χ2v) is 7.20. The van der Waals surface area contributed by atoms with Crippen LogP contribution in [0.5, 0.6) is 0 Å². The summed E-state index contributed by atoms with van der Waals surface area (Å²) in [6.07, 6.45) is 2.53. The molecule has 0 unspecified atom stereocenters. The largest absolute Gasteiger partial charge is 0.325 e. The molecule has 0 saturated carbocycles. The van der Waals surface area contributed by atoms with E-state index in [-0.39, 0.29) is 30.4 Å². The van der Waals surface area contributed by atoms with E-state index in [1.165, 1.54) is 16.7 Å². The van der Waals surface area contributed by atoms with Gasteiger partial charge in [0, 0.05) is 13.1 Å². The summed E-state index contributed by atoms with van der Waals surface area (Å²) in [6.45, 7) is 1.52. The molecule has 5 heteroatoms. The van der Waals surface area contributed by atoms with E-state index >= 15 is 0 Å². The SMILES string of the molecule is Cl.N#C[C@@H]1CCCN1C(=O)[C@@H]1C[C@H](c2cccc(-c3ccccc3)c2)CN1. The third-order valence-electron chi connectivity index (χ3n) is 5.58. The van der Waals surface area contributed by atoms with Crippen molar-refractivity contribution in [1.29, 1.82) is 5.26 Å². The summed E-state index contributed by atoms with van der Waals surface area (Å²) in [5, 5.41) is 12.6. The van der Waals surface area contributed by atoms with Gasteiger partial charge in [0.25, 0.3) is 0 Å². The van der Waals surface area contributed by atoms with Crippen LogP contribution in [-0.2, 0) is 4.79 Å². The first-order valence-electron chi connectivity index (χ1n) is 9.35. The van der Waals surface area contributed by atoms with Crippen LogP contribution in [0.4, 0.5) is 0 Å². The van der Waals surface area contributed by atoms with Crippen molar-refractivity contribution in [2.75, 3.05) is 13.1 Å². The summed E-state index contributed by atoms with van der Waals surface area (Å²) in [4.78, 5) is 14.6. The molecule has 4 nitrogen and oxygen atoms in total. The minimum atomic E-state index is -0.246. The predicted octanol–water partition coefficient (Wildman–Crippen LogP) is 3.74. The van der Waals surface area contributed by atoms with Gasteiger partial charge in [0.1, 0.15) is 6.04 Å². The Bertz CT molecular complexity index is 833. The lowest BCUT2D eigenvalue weighted by molar-refractivity contribution is -0.133. The van der Waals surface area contributed by atoms with Gasteiger partial charge in [0.2, 0.25) is 5.91 Å². The zero-order chi connectivity index (χ0) is 17.9. The summed E-state index contributed by atoms with van der Waals surface area (Å²) in [6, 6.07) is 20.8. The van der Waals surface area contributed by atoms with Crippen LogP contribution in [0, 0.1) is 11.3 Å². The van der Waals surface area contributed by atoms with E-state index in [4.69, 9.17) is 0 Å². The van der Waals surface area contributed by atoms with Gasteiger partial charge in [-0.05, 0) is 41.9 Å². The lowest BCUT2D eigenvalue weighted by atomic mass is 9.93. The summed E-state index contributed by atoms with van der Waals surface area (Å²) in [5.74, 6) is 0.423. The van der Waals surface area contributed by atoms with E-state index in [0.717, 1.165) is 25.8 Å². The van der Waals surface area contributed by atoms with Crippen molar-refractivity contribution < 1.29 is 4.79 Å². The number of amides is 1. The van der Waals surface area contributed by atoms with Crippen LogP contribution in [0.15, 0.2) is 54.6 Å². The number of rotatable bonds is 3. The van der Waals surface area contributed by atoms with E-state index in [2.05, 4.69) is 59.9 Å². The molecule has 0 aromatic heterocycles. The van der Waals surface area contributed by atoms with Crippen molar-refractivity contribution in [3.05, 3.63) is 60.2 Å². The molecule has 0 aliphatic carbocycles. The first-order chi connectivity index (χ1) is 12.8. The molecule has 1 amide bonds. The Morgan fingerprint density at radius 3 is 2.67 bits per heavy atom. The van der Waals surface area contributed by atoms with E-state index in [0.29, 0.717) is 12.5 Å². The first-order valence-corrected chi connectivity index (χ1v) is 9.35. The van der Waals surface area contributed by atoms with Crippen molar-refractivity contribution in [2.24, 2.45) is 0 Å². The van der Waals surface area contributed by atoms with Gasteiger partial charge in [-0.25, -0.2) is 0 Å². The van der Waals surface area contributed by atoms with E-state index in [1.807, 2.05) is 6.07 Å². The minimum absolute atomic E-state index is 0. The van der Waals surface area contributed by atoms with Crippen LogP contribution in [0.2, 0.25) is 0 Å². The van der Waals surface area contributed by atoms with Crippen molar-refractivity contribution >= 4 is 18.3 Å².